The van der Waals surface area contributed by atoms with Gasteiger partial charge in [-0.2, -0.15) is 4.80 Å². The Labute approximate surface area is 260 Å². The highest BCUT2D eigenvalue weighted by molar-refractivity contribution is 7.10. The van der Waals surface area contributed by atoms with Crippen LogP contribution in [0.25, 0.3) is 11.4 Å². The first-order valence-corrected chi connectivity index (χ1v) is 15.4. The van der Waals surface area contributed by atoms with Crippen molar-refractivity contribution < 1.29 is 14.3 Å². The summed E-state index contributed by atoms with van der Waals surface area (Å²) >= 11 is 1.58. The highest BCUT2D eigenvalue weighted by atomic mass is 32.1. The summed E-state index contributed by atoms with van der Waals surface area (Å²) in [4.78, 5) is 19.6. The van der Waals surface area contributed by atoms with Crippen LogP contribution in [0.2, 0.25) is 0 Å². The number of nitrogens with zero attached hydrogens (tertiary/aromatic N) is 5. The van der Waals surface area contributed by atoms with E-state index in [-0.39, 0.29) is 12.0 Å². The third kappa shape index (κ3) is 6.96. The number of hydrogen-bond donors (Lipinski definition) is 1. The van der Waals surface area contributed by atoms with Gasteiger partial charge in [-0.05, 0) is 91.9 Å². The molecule has 1 N–H and O–H groups in total. The molecule has 2 aromatic heterocycles. The van der Waals surface area contributed by atoms with E-state index in [1.807, 2.05) is 62.4 Å². The number of amides is 1. The van der Waals surface area contributed by atoms with Crippen LogP contribution < -0.4 is 14.8 Å². The second-order valence-electron chi connectivity index (χ2n) is 10.9. The number of thiazole rings is 1. The molecule has 1 saturated carbocycles. The lowest BCUT2D eigenvalue weighted by atomic mass is 9.83. The van der Waals surface area contributed by atoms with Crippen molar-refractivity contribution in [2.24, 2.45) is 0 Å². The monoisotopic (exact) mass is 604 g/mol. The number of aromatic nitrogens is 5. The number of benzene rings is 3. The Morgan fingerprint density at radius 1 is 1.09 bits per heavy atom. The summed E-state index contributed by atoms with van der Waals surface area (Å²) in [6.07, 6.45) is 3.57. The van der Waals surface area contributed by atoms with Crippen molar-refractivity contribution in [3.05, 3.63) is 99.5 Å². The lowest BCUT2D eigenvalue weighted by Crippen LogP contribution is -2.16. The first kappa shape index (κ1) is 29.1. The molecular formula is C34H32N6O3S. The van der Waals surface area contributed by atoms with Crippen molar-refractivity contribution in [1.82, 2.24) is 25.2 Å². The Bertz CT molecular complexity index is 1830. The minimum Gasteiger partial charge on any atom is -0.497 e. The fourth-order valence-electron chi connectivity index (χ4n) is 4.75. The summed E-state index contributed by atoms with van der Waals surface area (Å²) in [5.74, 6) is 8.31. The molecular weight excluding hydrogens is 572 g/mol. The molecule has 1 amide bonds. The predicted octanol–water partition coefficient (Wildman–Crippen LogP) is 6.56. The average Bonchev–Trinajstić information content (AvgIpc) is 3.65. The van der Waals surface area contributed by atoms with Crippen LogP contribution in [-0.2, 0) is 6.54 Å². The number of methoxy groups -OCH3 is 1. The molecule has 0 spiro atoms. The zero-order chi connectivity index (χ0) is 30.5. The first-order chi connectivity index (χ1) is 21.4. The summed E-state index contributed by atoms with van der Waals surface area (Å²) in [6, 6.07) is 20.5. The lowest BCUT2D eigenvalue weighted by molar-refractivity contribution is 0.102. The number of carbonyl (C=O) groups excluding carboxylic acids is 1. The van der Waals surface area contributed by atoms with Gasteiger partial charge in [-0.3, -0.25) is 4.79 Å². The van der Waals surface area contributed by atoms with Gasteiger partial charge >= 0.3 is 0 Å². The Kier molecular flexibility index (Phi) is 8.66. The Balaban J connectivity index is 1.16. The molecule has 10 heteroatoms. The predicted molar refractivity (Wildman–Crippen MR) is 170 cm³/mol. The quantitative estimate of drug-likeness (QED) is 0.190. The van der Waals surface area contributed by atoms with E-state index in [4.69, 9.17) is 9.47 Å². The SMILES string of the molecule is COc1ccc(Cn2nnc(-c3ccc(C(=O)Nc4cccc(C#Cc5nc(C6CCC6)cs5)c4)c(OC(C)C)c3)n2)cc1. The molecule has 0 bridgehead atoms. The van der Waals surface area contributed by atoms with Crippen LogP contribution in [0.15, 0.2) is 72.1 Å². The van der Waals surface area contributed by atoms with E-state index < -0.39 is 0 Å². The van der Waals surface area contributed by atoms with Crippen molar-refractivity contribution in [3.63, 3.8) is 0 Å². The summed E-state index contributed by atoms with van der Waals surface area (Å²) in [7, 11) is 1.63. The van der Waals surface area contributed by atoms with E-state index in [2.05, 4.69) is 42.9 Å². The van der Waals surface area contributed by atoms with E-state index in [9.17, 15) is 4.79 Å². The second kappa shape index (κ2) is 13.1. The van der Waals surface area contributed by atoms with Gasteiger partial charge in [-0.1, -0.05) is 30.5 Å². The highest BCUT2D eigenvalue weighted by Crippen LogP contribution is 2.36. The zero-order valence-electron chi connectivity index (χ0n) is 24.8. The Morgan fingerprint density at radius 2 is 1.93 bits per heavy atom. The molecule has 0 radical (unpaired) electrons. The topological polar surface area (TPSA) is 104 Å². The Hall–Kier alpha value is -5.01. The molecule has 1 fully saturated rings. The van der Waals surface area contributed by atoms with Crippen LogP contribution in [0.5, 0.6) is 11.5 Å². The normalized spacial score (nSPS) is 12.7. The molecule has 6 rings (SSSR count). The number of carbonyl (C=O) groups is 1. The van der Waals surface area contributed by atoms with Crippen LogP contribution in [-0.4, -0.2) is 44.3 Å². The maximum atomic E-state index is 13.4. The van der Waals surface area contributed by atoms with Crippen molar-refractivity contribution in [2.45, 2.75) is 51.7 Å². The smallest absolute Gasteiger partial charge is 0.259 e. The van der Waals surface area contributed by atoms with Crippen LogP contribution in [0, 0.1) is 11.8 Å². The maximum Gasteiger partial charge on any atom is 0.259 e. The van der Waals surface area contributed by atoms with Crippen molar-refractivity contribution >= 4 is 22.9 Å². The van der Waals surface area contributed by atoms with Gasteiger partial charge in [0.15, 0.2) is 5.01 Å². The molecule has 9 nitrogen and oxygen atoms in total. The molecule has 222 valence electrons. The van der Waals surface area contributed by atoms with Gasteiger partial charge in [-0.15, -0.1) is 21.5 Å². The number of nitrogens with one attached hydrogen (secondary N) is 1. The molecule has 1 aliphatic carbocycles. The average molecular weight is 605 g/mol. The minimum atomic E-state index is -0.293. The fourth-order valence-corrected chi connectivity index (χ4v) is 5.50. The lowest BCUT2D eigenvalue weighted by Gasteiger charge is -2.22. The standard InChI is InChI=1S/C34H32N6O3S/c1-22(2)43-31-19-26(33-37-39-40(38-33)20-24-10-14-28(42-3)15-11-24)13-16-29(31)34(41)35-27-9-4-6-23(18-27)12-17-32-36-30(21-44-32)25-7-5-8-25/h4,6,9-11,13-16,18-19,21-22,25H,5,7-8,20H2,1-3H3,(H,35,41). The van der Waals surface area contributed by atoms with Crippen molar-refractivity contribution in [1.29, 1.82) is 0 Å². The largest absolute Gasteiger partial charge is 0.497 e. The van der Waals surface area contributed by atoms with Crippen molar-refractivity contribution in [3.8, 4) is 34.7 Å². The van der Waals surface area contributed by atoms with Gasteiger partial charge in [0.1, 0.15) is 11.5 Å². The van der Waals surface area contributed by atoms with Crippen LogP contribution >= 0.6 is 11.3 Å². The van der Waals surface area contributed by atoms with Crippen molar-refractivity contribution in [2.75, 3.05) is 12.4 Å². The van der Waals surface area contributed by atoms with Crippen LogP contribution in [0.3, 0.4) is 0 Å². The third-order valence-corrected chi connectivity index (χ3v) is 8.04. The van der Waals surface area contributed by atoms with E-state index in [1.54, 1.807) is 36.6 Å². The molecule has 44 heavy (non-hydrogen) atoms. The van der Waals surface area contributed by atoms with Crippen LogP contribution in [0.4, 0.5) is 5.69 Å². The van der Waals surface area contributed by atoms with Gasteiger partial charge in [0.2, 0.25) is 5.82 Å². The molecule has 2 heterocycles. The molecule has 0 atom stereocenters. The highest BCUT2D eigenvalue weighted by Gasteiger charge is 2.22. The third-order valence-electron chi connectivity index (χ3n) is 7.26. The molecule has 0 aliphatic heterocycles. The van der Waals surface area contributed by atoms with E-state index in [0.717, 1.165) is 27.6 Å². The van der Waals surface area contributed by atoms with Gasteiger partial charge in [-0.25, -0.2) is 4.98 Å². The van der Waals surface area contributed by atoms with Gasteiger partial charge in [0.05, 0.1) is 31.0 Å². The summed E-state index contributed by atoms with van der Waals surface area (Å²) in [5.41, 5.74) is 4.70. The number of ether oxygens (including phenoxy) is 2. The molecule has 0 saturated heterocycles. The van der Waals surface area contributed by atoms with E-state index >= 15 is 0 Å². The minimum absolute atomic E-state index is 0.148. The van der Waals surface area contributed by atoms with E-state index in [0.29, 0.717) is 40.9 Å². The summed E-state index contributed by atoms with van der Waals surface area (Å²) in [6.45, 7) is 4.29. The number of rotatable bonds is 9. The summed E-state index contributed by atoms with van der Waals surface area (Å²) in [5, 5.41) is 18.9. The zero-order valence-corrected chi connectivity index (χ0v) is 25.6. The number of anilines is 1. The summed E-state index contributed by atoms with van der Waals surface area (Å²) < 4.78 is 11.3. The molecule has 3 aromatic carbocycles. The number of hydrogen-bond acceptors (Lipinski definition) is 8. The van der Waals surface area contributed by atoms with Gasteiger partial charge < -0.3 is 14.8 Å². The molecule has 1 aliphatic rings. The second-order valence-corrected chi connectivity index (χ2v) is 11.7. The van der Waals surface area contributed by atoms with Gasteiger partial charge in [0, 0.05) is 28.1 Å². The Morgan fingerprint density at radius 3 is 2.68 bits per heavy atom. The fraction of sp³-hybridized carbons (Fsp3) is 0.265. The van der Waals surface area contributed by atoms with Crippen LogP contribution in [0.1, 0.15) is 71.2 Å². The molecule has 5 aromatic rings. The van der Waals surface area contributed by atoms with E-state index in [1.165, 1.54) is 24.1 Å². The van der Waals surface area contributed by atoms with Gasteiger partial charge in [0.25, 0.3) is 5.91 Å². The number of tetrazole rings is 1. The molecule has 0 unspecified atom stereocenters. The first-order valence-electron chi connectivity index (χ1n) is 14.5. The maximum absolute atomic E-state index is 13.4.